The largest absolute Gasteiger partial charge is 0.497 e. The van der Waals surface area contributed by atoms with Crippen LogP contribution in [0.3, 0.4) is 0 Å². The van der Waals surface area contributed by atoms with E-state index in [9.17, 15) is 4.79 Å². The van der Waals surface area contributed by atoms with Crippen molar-refractivity contribution < 1.29 is 9.53 Å². The maximum atomic E-state index is 12.2. The molecule has 1 aliphatic heterocycles. The number of hydrogen-bond acceptors (Lipinski definition) is 3. The zero-order valence-electron chi connectivity index (χ0n) is 11.4. The van der Waals surface area contributed by atoms with Crippen LogP contribution in [-0.4, -0.2) is 43.6 Å². The van der Waals surface area contributed by atoms with Crippen LogP contribution in [0.4, 0.5) is 0 Å². The number of hydrogen-bond donors (Lipinski definition) is 1. The lowest BCUT2D eigenvalue weighted by Crippen LogP contribution is -2.52. The van der Waals surface area contributed by atoms with E-state index in [1.165, 1.54) is 0 Å². The zero-order chi connectivity index (χ0) is 13.0. The van der Waals surface area contributed by atoms with Gasteiger partial charge in [-0.1, -0.05) is 12.1 Å². The van der Waals surface area contributed by atoms with Crippen molar-refractivity contribution in [3.8, 4) is 5.75 Å². The standard InChI is InChI=1S/C14H20N2O2.ClH/c1-11-10-15-7-8-16(11)14(17)9-12-3-5-13(18-2)6-4-12;/h3-6,11,15H,7-10H2,1-2H3;1H/t11-;/m0./s1. The predicted molar refractivity (Wildman–Crippen MR) is 78.0 cm³/mol. The van der Waals surface area contributed by atoms with Gasteiger partial charge in [-0.3, -0.25) is 4.79 Å². The molecule has 0 bridgehead atoms. The fourth-order valence-corrected chi connectivity index (χ4v) is 2.23. The van der Waals surface area contributed by atoms with Crippen molar-refractivity contribution in [2.24, 2.45) is 0 Å². The number of methoxy groups -OCH3 is 1. The number of benzene rings is 1. The third-order valence-corrected chi connectivity index (χ3v) is 3.34. The topological polar surface area (TPSA) is 41.6 Å². The molecule has 1 aromatic carbocycles. The Balaban J connectivity index is 0.00000180. The fraction of sp³-hybridized carbons (Fsp3) is 0.500. The third-order valence-electron chi connectivity index (χ3n) is 3.34. The lowest BCUT2D eigenvalue weighted by atomic mass is 10.1. The van der Waals surface area contributed by atoms with E-state index < -0.39 is 0 Å². The molecule has 2 rings (SSSR count). The monoisotopic (exact) mass is 284 g/mol. The highest BCUT2D eigenvalue weighted by atomic mass is 35.5. The van der Waals surface area contributed by atoms with Crippen LogP contribution in [0.15, 0.2) is 24.3 Å². The summed E-state index contributed by atoms with van der Waals surface area (Å²) in [5.74, 6) is 1.02. The van der Waals surface area contributed by atoms with E-state index in [1.54, 1.807) is 7.11 Å². The predicted octanol–water partition coefficient (Wildman–Crippen LogP) is 1.48. The van der Waals surface area contributed by atoms with Crippen LogP contribution in [0.1, 0.15) is 12.5 Å². The van der Waals surface area contributed by atoms with Gasteiger partial charge in [0.2, 0.25) is 5.91 Å². The normalized spacial score (nSPS) is 18.6. The molecule has 0 saturated carbocycles. The first kappa shape index (κ1) is 15.8. The molecule has 1 N–H and O–H groups in total. The van der Waals surface area contributed by atoms with Gasteiger partial charge < -0.3 is 15.0 Å². The number of nitrogens with one attached hydrogen (secondary N) is 1. The summed E-state index contributed by atoms with van der Waals surface area (Å²) in [5.41, 5.74) is 1.03. The summed E-state index contributed by atoms with van der Waals surface area (Å²) in [5, 5.41) is 3.29. The average molecular weight is 285 g/mol. The van der Waals surface area contributed by atoms with Gasteiger partial charge >= 0.3 is 0 Å². The summed E-state index contributed by atoms with van der Waals surface area (Å²) in [4.78, 5) is 14.2. The lowest BCUT2D eigenvalue weighted by molar-refractivity contribution is -0.133. The number of carbonyl (C=O) groups is 1. The molecule has 1 atom stereocenters. The minimum absolute atomic E-state index is 0. The Morgan fingerprint density at radius 2 is 2.11 bits per heavy atom. The molecule has 1 amide bonds. The number of nitrogens with zero attached hydrogens (tertiary/aromatic N) is 1. The smallest absolute Gasteiger partial charge is 0.227 e. The van der Waals surface area contributed by atoms with Crippen LogP contribution in [-0.2, 0) is 11.2 Å². The van der Waals surface area contributed by atoms with E-state index in [-0.39, 0.29) is 24.4 Å². The minimum atomic E-state index is 0. The molecule has 19 heavy (non-hydrogen) atoms. The van der Waals surface area contributed by atoms with Crippen molar-refractivity contribution >= 4 is 18.3 Å². The lowest BCUT2D eigenvalue weighted by Gasteiger charge is -2.34. The SMILES string of the molecule is COc1ccc(CC(=O)N2CCNC[C@@H]2C)cc1.Cl. The van der Waals surface area contributed by atoms with Gasteiger partial charge in [0.1, 0.15) is 5.75 Å². The second-order valence-corrected chi connectivity index (χ2v) is 4.67. The summed E-state index contributed by atoms with van der Waals surface area (Å²) in [6.07, 6.45) is 0.467. The van der Waals surface area contributed by atoms with Gasteiger partial charge in [0, 0.05) is 25.7 Å². The first-order valence-electron chi connectivity index (χ1n) is 6.34. The van der Waals surface area contributed by atoms with Crippen LogP contribution >= 0.6 is 12.4 Å². The van der Waals surface area contributed by atoms with E-state index in [0.29, 0.717) is 6.42 Å². The van der Waals surface area contributed by atoms with Crippen molar-refractivity contribution in [3.63, 3.8) is 0 Å². The first-order chi connectivity index (χ1) is 8.70. The number of amides is 1. The van der Waals surface area contributed by atoms with Gasteiger partial charge in [0.05, 0.1) is 13.5 Å². The number of rotatable bonds is 3. The van der Waals surface area contributed by atoms with Gasteiger partial charge in [-0.05, 0) is 24.6 Å². The number of halogens is 1. The molecule has 0 unspecified atom stereocenters. The van der Waals surface area contributed by atoms with Crippen molar-refractivity contribution in [1.29, 1.82) is 0 Å². The van der Waals surface area contributed by atoms with Crippen molar-refractivity contribution in [2.75, 3.05) is 26.7 Å². The summed E-state index contributed by atoms with van der Waals surface area (Å²) in [6.45, 7) is 4.65. The highest BCUT2D eigenvalue weighted by molar-refractivity contribution is 5.85. The van der Waals surface area contributed by atoms with Crippen LogP contribution in [0.25, 0.3) is 0 Å². The second kappa shape index (κ2) is 7.36. The Hall–Kier alpha value is -1.26. The van der Waals surface area contributed by atoms with Crippen molar-refractivity contribution in [1.82, 2.24) is 10.2 Å². The molecule has 0 spiro atoms. The Morgan fingerprint density at radius 1 is 1.42 bits per heavy atom. The molecule has 1 aliphatic rings. The van der Waals surface area contributed by atoms with E-state index in [4.69, 9.17) is 4.74 Å². The van der Waals surface area contributed by atoms with Crippen molar-refractivity contribution in [2.45, 2.75) is 19.4 Å². The fourth-order valence-electron chi connectivity index (χ4n) is 2.23. The van der Waals surface area contributed by atoms with Crippen molar-refractivity contribution in [3.05, 3.63) is 29.8 Å². The van der Waals surface area contributed by atoms with Gasteiger partial charge in [-0.25, -0.2) is 0 Å². The maximum absolute atomic E-state index is 12.2. The average Bonchev–Trinajstić information content (AvgIpc) is 2.40. The van der Waals surface area contributed by atoms with Crippen LogP contribution < -0.4 is 10.1 Å². The Labute approximate surface area is 120 Å². The van der Waals surface area contributed by atoms with E-state index in [1.807, 2.05) is 29.2 Å². The maximum Gasteiger partial charge on any atom is 0.227 e. The molecule has 5 heteroatoms. The summed E-state index contributed by atoms with van der Waals surface area (Å²) >= 11 is 0. The molecular weight excluding hydrogens is 264 g/mol. The minimum Gasteiger partial charge on any atom is -0.497 e. The molecule has 0 radical (unpaired) electrons. The molecule has 1 fully saturated rings. The van der Waals surface area contributed by atoms with Gasteiger partial charge in [0.25, 0.3) is 0 Å². The second-order valence-electron chi connectivity index (χ2n) is 4.67. The van der Waals surface area contributed by atoms with Gasteiger partial charge in [0.15, 0.2) is 0 Å². The molecular formula is C14H21ClN2O2. The molecule has 1 saturated heterocycles. The van der Waals surface area contributed by atoms with Crippen LogP contribution in [0, 0.1) is 0 Å². The molecule has 4 nitrogen and oxygen atoms in total. The van der Waals surface area contributed by atoms with Crippen LogP contribution in [0.5, 0.6) is 5.75 Å². The quantitative estimate of drug-likeness (QED) is 0.914. The van der Waals surface area contributed by atoms with E-state index >= 15 is 0 Å². The highest BCUT2D eigenvalue weighted by Crippen LogP contribution is 2.13. The summed E-state index contributed by atoms with van der Waals surface area (Å²) < 4.78 is 5.10. The van der Waals surface area contributed by atoms with Gasteiger partial charge in [-0.2, -0.15) is 0 Å². The van der Waals surface area contributed by atoms with E-state index in [2.05, 4.69) is 12.2 Å². The van der Waals surface area contributed by atoms with Crippen LogP contribution in [0.2, 0.25) is 0 Å². The Morgan fingerprint density at radius 3 is 2.68 bits per heavy atom. The summed E-state index contributed by atoms with van der Waals surface area (Å²) in [7, 11) is 1.64. The highest BCUT2D eigenvalue weighted by Gasteiger charge is 2.22. The summed E-state index contributed by atoms with van der Waals surface area (Å²) in [6, 6.07) is 7.96. The molecule has 0 aromatic heterocycles. The first-order valence-corrected chi connectivity index (χ1v) is 6.34. The van der Waals surface area contributed by atoms with Gasteiger partial charge in [-0.15, -0.1) is 12.4 Å². The van der Waals surface area contributed by atoms with E-state index in [0.717, 1.165) is 30.9 Å². The number of piperazine rings is 1. The zero-order valence-corrected chi connectivity index (χ0v) is 12.2. The molecule has 106 valence electrons. The number of ether oxygens (including phenoxy) is 1. The molecule has 1 aromatic rings. The molecule has 0 aliphatic carbocycles. The molecule has 1 heterocycles. The Bertz CT molecular complexity index is 408. The Kier molecular flexibility index (Phi) is 6.12. The third kappa shape index (κ3) is 4.11. The number of carbonyl (C=O) groups excluding carboxylic acids is 1.